The second kappa shape index (κ2) is 3.84. The number of hydrogen-bond donors (Lipinski definition) is 3. The van der Waals surface area contributed by atoms with Gasteiger partial charge in [-0.25, -0.2) is 4.79 Å². The van der Waals surface area contributed by atoms with E-state index in [9.17, 15) is 9.59 Å². The molecule has 7 heteroatoms. The lowest BCUT2D eigenvalue weighted by atomic mass is 10.4. The van der Waals surface area contributed by atoms with Crippen molar-refractivity contribution in [3.63, 3.8) is 0 Å². The lowest BCUT2D eigenvalue weighted by molar-refractivity contribution is -0.113. The number of amides is 3. The number of nitrogens with zero attached hydrogens (tertiary/aromatic N) is 2. The van der Waals surface area contributed by atoms with Gasteiger partial charge in [0.2, 0.25) is 5.71 Å². The summed E-state index contributed by atoms with van der Waals surface area (Å²) in [7, 11) is 0. The van der Waals surface area contributed by atoms with Gasteiger partial charge >= 0.3 is 6.03 Å². The third-order valence-corrected chi connectivity index (χ3v) is 0.658. The van der Waals surface area contributed by atoms with Gasteiger partial charge in [0.05, 0.1) is 0 Å². The van der Waals surface area contributed by atoms with E-state index in [2.05, 4.69) is 10.9 Å². The van der Waals surface area contributed by atoms with Gasteiger partial charge in [0.25, 0.3) is 5.91 Å². The molecular weight excluding hydrogens is 152 g/mol. The van der Waals surface area contributed by atoms with Crippen LogP contribution in [0.25, 0.3) is 0 Å². The van der Waals surface area contributed by atoms with Crippen LogP contribution in [0.15, 0.2) is 5.16 Å². The Labute approximate surface area is 61.1 Å². The molecule has 0 aliphatic rings. The van der Waals surface area contributed by atoms with E-state index in [1.165, 1.54) is 11.4 Å². The molecule has 3 amide bonds. The highest BCUT2D eigenvalue weighted by molar-refractivity contribution is 6.46. The van der Waals surface area contributed by atoms with E-state index in [0.717, 1.165) is 0 Å². The summed E-state index contributed by atoms with van der Waals surface area (Å²) < 4.78 is 0. The molecule has 0 aromatic heterocycles. The molecule has 0 aliphatic heterocycles. The molecule has 0 heterocycles. The fourth-order valence-corrected chi connectivity index (χ4v) is 0.290. The van der Waals surface area contributed by atoms with Crippen molar-refractivity contribution in [1.29, 1.82) is 5.26 Å². The number of oxime groups is 1. The molecule has 0 radical (unpaired) electrons. The second-order valence-corrected chi connectivity index (χ2v) is 1.38. The predicted molar refractivity (Wildman–Crippen MR) is 32.6 cm³/mol. The van der Waals surface area contributed by atoms with Crippen LogP contribution in [-0.2, 0) is 4.79 Å². The zero-order valence-electron chi connectivity index (χ0n) is 5.24. The number of carbonyl (C=O) groups is 2. The number of nitrogens with one attached hydrogen (secondary N) is 1. The zero-order chi connectivity index (χ0) is 8.85. The molecule has 0 spiro atoms. The van der Waals surface area contributed by atoms with Gasteiger partial charge in [-0.3, -0.25) is 10.1 Å². The highest BCUT2D eigenvalue weighted by Gasteiger charge is 2.12. The second-order valence-electron chi connectivity index (χ2n) is 1.38. The Bertz CT molecular complexity index is 251. The molecule has 58 valence electrons. The third kappa shape index (κ3) is 2.81. The van der Waals surface area contributed by atoms with E-state index in [-0.39, 0.29) is 0 Å². The van der Waals surface area contributed by atoms with Gasteiger partial charge in [0.15, 0.2) is 0 Å². The number of nitriles is 1. The SMILES string of the molecule is N#C/C(=N\O)C(=O)NC(N)=O. The highest BCUT2D eigenvalue weighted by atomic mass is 16.4. The third-order valence-electron chi connectivity index (χ3n) is 0.658. The molecule has 0 rings (SSSR count). The Morgan fingerprint density at radius 1 is 1.64 bits per heavy atom. The quantitative estimate of drug-likeness (QED) is 0.243. The lowest BCUT2D eigenvalue weighted by Crippen LogP contribution is -2.39. The Morgan fingerprint density at radius 2 is 2.18 bits per heavy atom. The summed E-state index contributed by atoms with van der Waals surface area (Å²) in [5, 5.41) is 19.8. The van der Waals surface area contributed by atoms with Gasteiger partial charge in [-0.15, -0.1) is 0 Å². The van der Waals surface area contributed by atoms with Gasteiger partial charge in [-0.05, 0) is 0 Å². The van der Waals surface area contributed by atoms with Crippen molar-refractivity contribution in [2.75, 3.05) is 0 Å². The summed E-state index contributed by atoms with van der Waals surface area (Å²) in [5.41, 5.74) is 3.69. The number of hydrogen-bond acceptors (Lipinski definition) is 5. The Kier molecular flexibility index (Phi) is 3.10. The minimum atomic E-state index is -1.14. The molecule has 0 saturated carbocycles. The first-order valence-electron chi connectivity index (χ1n) is 2.34. The standard InChI is InChI=1S/C4H4N4O3/c5-1-2(8-11)3(9)7-4(6)10/h11H,(H3,6,7,9,10)/b8-2+. The summed E-state index contributed by atoms with van der Waals surface area (Å²) >= 11 is 0. The van der Waals surface area contributed by atoms with Crippen LogP contribution in [0.2, 0.25) is 0 Å². The van der Waals surface area contributed by atoms with Crippen LogP contribution in [0.5, 0.6) is 0 Å². The van der Waals surface area contributed by atoms with Gasteiger partial charge in [0, 0.05) is 0 Å². The molecule has 0 fully saturated rings. The smallest absolute Gasteiger partial charge is 0.319 e. The average molecular weight is 156 g/mol. The maximum atomic E-state index is 10.5. The van der Waals surface area contributed by atoms with Crippen LogP contribution in [0, 0.1) is 11.3 Å². The van der Waals surface area contributed by atoms with Gasteiger partial charge in [-0.2, -0.15) is 5.26 Å². The van der Waals surface area contributed by atoms with Gasteiger partial charge in [0.1, 0.15) is 6.07 Å². The number of imide groups is 1. The maximum absolute atomic E-state index is 10.5. The number of primary amides is 1. The van der Waals surface area contributed by atoms with E-state index >= 15 is 0 Å². The van der Waals surface area contributed by atoms with Crippen LogP contribution >= 0.6 is 0 Å². The Balaban J connectivity index is 4.28. The van der Waals surface area contributed by atoms with Crippen LogP contribution in [0.4, 0.5) is 4.79 Å². The van der Waals surface area contributed by atoms with E-state index < -0.39 is 17.6 Å². The molecular formula is C4H4N4O3. The minimum absolute atomic E-state index is 0.830. The molecule has 0 aromatic rings. The molecule has 7 nitrogen and oxygen atoms in total. The van der Waals surface area contributed by atoms with Crippen molar-refractivity contribution < 1.29 is 14.8 Å². The van der Waals surface area contributed by atoms with Crippen molar-refractivity contribution in [2.45, 2.75) is 0 Å². The molecule has 0 bridgehead atoms. The normalized spacial score (nSPS) is 9.91. The van der Waals surface area contributed by atoms with Crippen LogP contribution in [0.1, 0.15) is 0 Å². The van der Waals surface area contributed by atoms with E-state index in [1.807, 2.05) is 0 Å². The minimum Gasteiger partial charge on any atom is -0.410 e. The Morgan fingerprint density at radius 3 is 2.45 bits per heavy atom. The zero-order valence-corrected chi connectivity index (χ0v) is 5.24. The highest BCUT2D eigenvalue weighted by Crippen LogP contribution is 1.74. The lowest BCUT2D eigenvalue weighted by Gasteiger charge is -1.93. The fraction of sp³-hybridized carbons (Fsp3) is 0. The number of carbonyl (C=O) groups excluding carboxylic acids is 2. The number of urea groups is 1. The van der Waals surface area contributed by atoms with Crippen LogP contribution in [0.3, 0.4) is 0 Å². The molecule has 0 atom stereocenters. The number of rotatable bonds is 1. The van der Waals surface area contributed by atoms with E-state index in [1.54, 1.807) is 0 Å². The van der Waals surface area contributed by atoms with Crippen LogP contribution in [-0.4, -0.2) is 22.9 Å². The van der Waals surface area contributed by atoms with Crippen molar-refractivity contribution in [2.24, 2.45) is 10.9 Å². The monoisotopic (exact) mass is 156 g/mol. The van der Waals surface area contributed by atoms with Crippen molar-refractivity contribution in [3.8, 4) is 6.07 Å². The predicted octanol–water partition coefficient (Wildman–Crippen LogP) is -1.46. The summed E-state index contributed by atoms with van der Waals surface area (Å²) in [5.74, 6) is -1.14. The van der Waals surface area contributed by atoms with Crippen LogP contribution < -0.4 is 11.1 Å². The molecule has 11 heavy (non-hydrogen) atoms. The average Bonchev–Trinajstić information content (AvgIpc) is 1.88. The van der Waals surface area contributed by atoms with E-state index in [4.69, 9.17) is 10.5 Å². The van der Waals surface area contributed by atoms with Gasteiger partial charge < -0.3 is 10.9 Å². The van der Waals surface area contributed by atoms with Crippen molar-refractivity contribution >= 4 is 17.6 Å². The maximum Gasteiger partial charge on any atom is 0.319 e. The van der Waals surface area contributed by atoms with Gasteiger partial charge in [-0.1, -0.05) is 5.16 Å². The molecule has 0 unspecified atom stereocenters. The van der Waals surface area contributed by atoms with E-state index in [0.29, 0.717) is 0 Å². The molecule has 0 aliphatic carbocycles. The molecule has 0 aromatic carbocycles. The number of nitrogens with two attached hydrogens (primary N) is 1. The summed E-state index contributed by atoms with van der Waals surface area (Å²) in [6, 6.07) is 0.118. The largest absolute Gasteiger partial charge is 0.410 e. The summed E-state index contributed by atoms with van der Waals surface area (Å²) in [4.78, 5) is 20.5. The topological polar surface area (TPSA) is 129 Å². The molecule has 4 N–H and O–H groups in total. The first-order chi connectivity index (χ1) is 5.11. The summed E-state index contributed by atoms with van der Waals surface area (Å²) in [6.45, 7) is 0. The molecule has 0 saturated heterocycles. The first kappa shape index (κ1) is 8.90. The Hall–Kier alpha value is -2.10. The first-order valence-corrected chi connectivity index (χ1v) is 2.34. The summed E-state index contributed by atoms with van der Waals surface area (Å²) in [6.07, 6.45) is 0. The van der Waals surface area contributed by atoms with Crippen molar-refractivity contribution in [1.82, 2.24) is 5.32 Å². The fourth-order valence-electron chi connectivity index (χ4n) is 0.290. The van der Waals surface area contributed by atoms with Crippen molar-refractivity contribution in [3.05, 3.63) is 0 Å².